The Balaban J connectivity index is 2.05. The summed E-state index contributed by atoms with van der Waals surface area (Å²) < 4.78 is 1.68. The van der Waals surface area contributed by atoms with Crippen LogP contribution >= 0.6 is 11.6 Å². The second-order valence-corrected chi connectivity index (χ2v) is 6.49. The molecule has 0 atom stereocenters. The predicted octanol–water partition coefficient (Wildman–Crippen LogP) is 2.51. The molecule has 0 aliphatic carbocycles. The summed E-state index contributed by atoms with van der Waals surface area (Å²) in [5.74, 6) is 5.57. The molecule has 3 heterocycles. The fourth-order valence-corrected chi connectivity index (χ4v) is 3.15. The highest BCUT2D eigenvalue weighted by Gasteiger charge is 2.16. The topological polar surface area (TPSA) is 128 Å². The van der Waals surface area contributed by atoms with Gasteiger partial charge in [0.25, 0.3) is 0 Å². The Labute approximate surface area is 158 Å². The Kier molecular flexibility index (Phi) is 4.06. The highest BCUT2D eigenvalue weighted by atomic mass is 35.5. The van der Waals surface area contributed by atoms with E-state index in [4.69, 9.17) is 23.2 Å². The Morgan fingerprint density at radius 2 is 2.04 bits per heavy atom. The summed E-state index contributed by atoms with van der Waals surface area (Å²) in [6.07, 6.45) is 1.82. The largest absolute Gasteiger partial charge is 0.396 e. The third-order valence-electron chi connectivity index (χ3n) is 4.26. The number of fused-ring (bicyclic) bond motifs is 1. The Morgan fingerprint density at radius 3 is 2.74 bits per heavy atom. The lowest BCUT2D eigenvalue weighted by Crippen LogP contribution is -2.09. The van der Waals surface area contributed by atoms with Crippen molar-refractivity contribution >= 4 is 34.0 Å². The van der Waals surface area contributed by atoms with Crippen molar-refractivity contribution in [2.45, 2.75) is 0 Å². The number of aromatic nitrogens is 4. The van der Waals surface area contributed by atoms with Gasteiger partial charge in [0.1, 0.15) is 17.0 Å². The zero-order valence-corrected chi connectivity index (χ0v) is 15.1. The minimum atomic E-state index is -0.222. The molecule has 1 aromatic carbocycles. The molecule has 0 saturated heterocycles. The summed E-state index contributed by atoms with van der Waals surface area (Å²) in [6, 6.07) is 10.5. The van der Waals surface area contributed by atoms with Crippen LogP contribution in [0.2, 0.25) is 5.02 Å². The SMILES string of the molecule is Cn1ccc(-c2nc3[nH]c(=O)ccc3cc2-c2cc(Cl)c(N)c(NN)c2)n1. The molecule has 9 heteroatoms. The zero-order valence-electron chi connectivity index (χ0n) is 14.3. The number of nitrogens with one attached hydrogen (secondary N) is 2. The van der Waals surface area contributed by atoms with Crippen LogP contribution in [0.5, 0.6) is 0 Å². The van der Waals surface area contributed by atoms with Gasteiger partial charge in [-0.15, -0.1) is 0 Å². The third-order valence-corrected chi connectivity index (χ3v) is 4.57. The zero-order chi connectivity index (χ0) is 19.1. The Morgan fingerprint density at radius 1 is 1.22 bits per heavy atom. The van der Waals surface area contributed by atoms with Crippen molar-refractivity contribution in [3.63, 3.8) is 0 Å². The first-order chi connectivity index (χ1) is 13.0. The lowest BCUT2D eigenvalue weighted by molar-refractivity contribution is 0.770. The molecule has 27 heavy (non-hydrogen) atoms. The lowest BCUT2D eigenvalue weighted by atomic mass is 9.99. The van der Waals surface area contributed by atoms with Gasteiger partial charge in [-0.05, 0) is 35.9 Å². The van der Waals surface area contributed by atoms with Crippen LogP contribution in [0, 0.1) is 0 Å². The van der Waals surface area contributed by atoms with Crippen LogP contribution in [0.3, 0.4) is 0 Å². The fourth-order valence-electron chi connectivity index (χ4n) is 2.93. The van der Waals surface area contributed by atoms with Crippen molar-refractivity contribution in [2.75, 3.05) is 11.2 Å². The molecule has 0 saturated carbocycles. The smallest absolute Gasteiger partial charge is 0.249 e. The number of halogens is 1. The maximum atomic E-state index is 11.7. The van der Waals surface area contributed by atoms with E-state index in [0.29, 0.717) is 33.4 Å². The summed E-state index contributed by atoms with van der Waals surface area (Å²) >= 11 is 6.28. The highest BCUT2D eigenvalue weighted by Crippen LogP contribution is 2.37. The van der Waals surface area contributed by atoms with E-state index in [1.165, 1.54) is 6.07 Å². The van der Waals surface area contributed by atoms with Gasteiger partial charge >= 0.3 is 0 Å². The van der Waals surface area contributed by atoms with Crippen molar-refractivity contribution in [3.8, 4) is 22.5 Å². The molecule has 0 radical (unpaired) electrons. The minimum absolute atomic E-state index is 0.222. The molecule has 3 aromatic heterocycles. The second-order valence-electron chi connectivity index (χ2n) is 6.08. The number of nitrogens with two attached hydrogens (primary N) is 2. The molecule has 6 N–H and O–H groups in total. The Bertz CT molecular complexity index is 1230. The number of hydrogen-bond acceptors (Lipinski definition) is 6. The second kappa shape index (κ2) is 6.42. The molecule has 0 fully saturated rings. The maximum Gasteiger partial charge on any atom is 0.249 e. The monoisotopic (exact) mass is 381 g/mol. The number of nitrogen functional groups attached to an aromatic ring is 2. The highest BCUT2D eigenvalue weighted by molar-refractivity contribution is 6.34. The number of benzene rings is 1. The van der Waals surface area contributed by atoms with E-state index in [2.05, 4.69) is 20.5 Å². The van der Waals surface area contributed by atoms with Crippen LogP contribution in [0.4, 0.5) is 11.4 Å². The number of nitrogens with zero attached hydrogens (tertiary/aromatic N) is 3. The molecule has 4 rings (SSSR count). The van der Waals surface area contributed by atoms with Gasteiger partial charge in [-0.25, -0.2) is 4.98 Å². The standard InChI is InChI=1S/C18H16ClN7O/c1-26-5-4-13(25-26)17-11(6-9-2-3-15(27)22-18(9)23-17)10-7-12(19)16(20)14(8-10)24-21/h2-8,24H,20-21H2,1H3,(H,22,23,27). The molecule has 4 aromatic rings. The molecule has 0 unspecified atom stereocenters. The van der Waals surface area contributed by atoms with Crippen molar-refractivity contribution in [1.82, 2.24) is 19.7 Å². The summed E-state index contributed by atoms with van der Waals surface area (Å²) in [5.41, 5.74) is 12.5. The minimum Gasteiger partial charge on any atom is -0.396 e. The van der Waals surface area contributed by atoms with Gasteiger partial charge in [-0.2, -0.15) is 5.10 Å². The number of hydrogen-bond donors (Lipinski definition) is 4. The molecule has 0 aliphatic rings. The number of aromatic amines is 1. The van der Waals surface area contributed by atoms with E-state index < -0.39 is 0 Å². The van der Waals surface area contributed by atoms with E-state index in [-0.39, 0.29) is 5.56 Å². The van der Waals surface area contributed by atoms with Crippen LogP contribution < -0.4 is 22.6 Å². The van der Waals surface area contributed by atoms with Crippen LogP contribution in [-0.4, -0.2) is 19.7 Å². The number of H-pyrrole nitrogens is 1. The molecule has 0 aliphatic heterocycles. The first-order valence-electron chi connectivity index (χ1n) is 8.06. The van der Waals surface area contributed by atoms with Gasteiger partial charge in [-0.3, -0.25) is 15.3 Å². The van der Waals surface area contributed by atoms with E-state index >= 15 is 0 Å². The van der Waals surface area contributed by atoms with Crippen molar-refractivity contribution in [2.24, 2.45) is 12.9 Å². The van der Waals surface area contributed by atoms with Gasteiger partial charge in [0, 0.05) is 30.3 Å². The van der Waals surface area contributed by atoms with Crippen LogP contribution in [-0.2, 0) is 7.05 Å². The molecule has 8 nitrogen and oxygen atoms in total. The van der Waals surface area contributed by atoms with Crippen LogP contribution in [0.1, 0.15) is 0 Å². The van der Waals surface area contributed by atoms with Crippen LogP contribution in [0.15, 0.2) is 47.4 Å². The van der Waals surface area contributed by atoms with E-state index in [1.807, 2.05) is 25.4 Å². The lowest BCUT2D eigenvalue weighted by Gasteiger charge is -2.13. The average Bonchev–Trinajstić information content (AvgIpc) is 3.09. The van der Waals surface area contributed by atoms with Gasteiger partial charge in [0.2, 0.25) is 5.56 Å². The van der Waals surface area contributed by atoms with Crippen LogP contribution in [0.25, 0.3) is 33.5 Å². The molecular weight excluding hydrogens is 366 g/mol. The third kappa shape index (κ3) is 3.01. The van der Waals surface area contributed by atoms with E-state index in [9.17, 15) is 4.79 Å². The fraction of sp³-hybridized carbons (Fsp3) is 0.0556. The van der Waals surface area contributed by atoms with Gasteiger partial charge in [-0.1, -0.05) is 11.6 Å². The summed E-state index contributed by atoms with van der Waals surface area (Å²) in [6.45, 7) is 0. The van der Waals surface area contributed by atoms with Gasteiger partial charge < -0.3 is 16.1 Å². The quantitative estimate of drug-likeness (QED) is 0.245. The van der Waals surface area contributed by atoms with Gasteiger partial charge in [0.05, 0.1) is 16.4 Å². The summed E-state index contributed by atoms with van der Waals surface area (Å²) in [5, 5.41) is 5.59. The summed E-state index contributed by atoms with van der Waals surface area (Å²) in [7, 11) is 1.82. The average molecular weight is 382 g/mol. The maximum absolute atomic E-state index is 11.7. The molecular formula is C18H16ClN7O. The van der Waals surface area contributed by atoms with E-state index in [0.717, 1.165) is 16.5 Å². The van der Waals surface area contributed by atoms with Crippen molar-refractivity contribution < 1.29 is 0 Å². The predicted molar refractivity (Wildman–Crippen MR) is 107 cm³/mol. The number of hydrazine groups is 1. The Hall–Kier alpha value is -3.36. The normalized spacial score (nSPS) is 11.1. The summed E-state index contributed by atoms with van der Waals surface area (Å²) in [4.78, 5) is 19.1. The number of rotatable bonds is 3. The first-order valence-corrected chi connectivity index (χ1v) is 8.44. The van der Waals surface area contributed by atoms with Crippen molar-refractivity contribution in [1.29, 1.82) is 0 Å². The molecule has 0 bridgehead atoms. The van der Waals surface area contributed by atoms with E-state index in [1.54, 1.807) is 22.9 Å². The molecule has 0 amide bonds. The first kappa shape index (κ1) is 17.1. The molecule has 0 spiro atoms. The van der Waals surface area contributed by atoms with Gasteiger partial charge in [0.15, 0.2) is 0 Å². The number of anilines is 2. The number of pyridine rings is 2. The number of aryl methyl sites for hydroxylation is 1. The van der Waals surface area contributed by atoms with Crippen molar-refractivity contribution in [3.05, 3.63) is 58.0 Å². The molecule has 136 valence electrons.